The average molecular weight is 324 g/mol. The van der Waals surface area contributed by atoms with Crippen LogP contribution in [0.4, 0.5) is 5.69 Å². The summed E-state index contributed by atoms with van der Waals surface area (Å²) in [5.74, 6) is -0.717. The lowest BCUT2D eigenvalue weighted by atomic mass is 10.0. The summed E-state index contributed by atoms with van der Waals surface area (Å²) in [5, 5.41) is 6.05. The van der Waals surface area contributed by atoms with Gasteiger partial charge in [-0.3, -0.25) is 4.79 Å². The largest absolute Gasteiger partial charge is 0.467 e. The first-order valence-corrected chi connectivity index (χ1v) is 7.97. The van der Waals surface area contributed by atoms with Gasteiger partial charge in [0, 0.05) is 24.2 Å². The topological polar surface area (TPSA) is 67.4 Å². The summed E-state index contributed by atoms with van der Waals surface area (Å²) in [6.07, 6.45) is 1.30. The minimum absolute atomic E-state index is 0.268. The second-order valence-electron chi connectivity index (χ2n) is 5.79. The number of carbonyl (C=O) groups excluding carboxylic acids is 2. The number of benzene rings is 2. The van der Waals surface area contributed by atoms with Gasteiger partial charge in [0.2, 0.25) is 0 Å². The summed E-state index contributed by atoms with van der Waals surface area (Å²) in [5.41, 5.74) is 3.71. The fraction of sp³-hybridized carbons (Fsp3) is 0.263. The Balaban J connectivity index is 1.74. The Morgan fingerprint density at radius 2 is 2.00 bits per heavy atom. The zero-order valence-electron chi connectivity index (χ0n) is 13.5. The highest BCUT2D eigenvalue weighted by Crippen LogP contribution is 2.23. The summed E-state index contributed by atoms with van der Waals surface area (Å²) >= 11 is 0. The highest BCUT2D eigenvalue weighted by atomic mass is 16.5. The number of anilines is 1. The summed E-state index contributed by atoms with van der Waals surface area (Å²) in [6, 6.07) is 14.4. The number of fused-ring (bicyclic) bond motifs is 1. The number of amides is 1. The Hall–Kier alpha value is -2.82. The Morgan fingerprint density at radius 1 is 1.21 bits per heavy atom. The zero-order chi connectivity index (χ0) is 16.9. The molecule has 2 aromatic rings. The second kappa shape index (κ2) is 7.17. The number of hydrogen-bond acceptors (Lipinski definition) is 4. The lowest BCUT2D eigenvalue weighted by Gasteiger charge is -2.17. The van der Waals surface area contributed by atoms with Gasteiger partial charge in [-0.15, -0.1) is 0 Å². The quantitative estimate of drug-likeness (QED) is 0.827. The van der Waals surface area contributed by atoms with Crippen LogP contribution in [0.3, 0.4) is 0 Å². The molecule has 1 amide bonds. The third-order valence-corrected chi connectivity index (χ3v) is 4.15. The molecule has 0 radical (unpaired) electrons. The molecule has 1 atom stereocenters. The normalized spacial score (nSPS) is 13.5. The van der Waals surface area contributed by atoms with E-state index in [0.717, 1.165) is 29.8 Å². The Labute approximate surface area is 141 Å². The van der Waals surface area contributed by atoms with Crippen LogP contribution >= 0.6 is 0 Å². The number of methoxy groups -OCH3 is 1. The van der Waals surface area contributed by atoms with Gasteiger partial charge in [-0.25, -0.2) is 4.79 Å². The van der Waals surface area contributed by atoms with Crippen LogP contribution < -0.4 is 10.6 Å². The lowest BCUT2D eigenvalue weighted by Crippen LogP contribution is -2.43. The fourth-order valence-corrected chi connectivity index (χ4v) is 2.87. The number of esters is 1. The molecule has 0 bridgehead atoms. The first kappa shape index (κ1) is 16.1. The summed E-state index contributed by atoms with van der Waals surface area (Å²) < 4.78 is 4.83. The number of hydrogen-bond donors (Lipinski definition) is 2. The lowest BCUT2D eigenvalue weighted by molar-refractivity contribution is -0.142. The van der Waals surface area contributed by atoms with E-state index in [1.54, 1.807) is 6.07 Å². The van der Waals surface area contributed by atoms with Crippen LogP contribution in [0.25, 0.3) is 0 Å². The van der Waals surface area contributed by atoms with E-state index in [1.807, 2.05) is 42.5 Å². The van der Waals surface area contributed by atoms with Crippen molar-refractivity contribution in [2.75, 3.05) is 19.0 Å². The molecule has 1 aliphatic heterocycles. The molecule has 0 spiro atoms. The molecule has 1 heterocycles. The van der Waals surface area contributed by atoms with Gasteiger partial charge in [0.15, 0.2) is 0 Å². The summed E-state index contributed by atoms with van der Waals surface area (Å²) in [6.45, 7) is 0.888. The molecule has 1 aliphatic rings. The SMILES string of the molecule is COC(=O)C(Cc1ccccc1)NC(=O)c1ccc2c(c1)CCN2. The maximum atomic E-state index is 12.5. The van der Waals surface area contributed by atoms with Crippen LogP contribution in [0, 0.1) is 0 Å². The second-order valence-corrected chi connectivity index (χ2v) is 5.79. The van der Waals surface area contributed by atoms with Crippen LogP contribution in [0.2, 0.25) is 0 Å². The highest BCUT2D eigenvalue weighted by molar-refractivity contribution is 5.97. The van der Waals surface area contributed by atoms with Crippen LogP contribution in [0.1, 0.15) is 21.5 Å². The van der Waals surface area contributed by atoms with Crippen molar-refractivity contribution in [1.82, 2.24) is 5.32 Å². The Bertz CT molecular complexity index is 744. The van der Waals surface area contributed by atoms with Gasteiger partial charge in [-0.2, -0.15) is 0 Å². The minimum Gasteiger partial charge on any atom is -0.467 e. The highest BCUT2D eigenvalue weighted by Gasteiger charge is 2.23. The molecule has 0 fully saturated rings. The molecule has 2 aromatic carbocycles. The molecule has 5 nitrogen and oxygen atoms in total. The van der Waals surface area contributed by atoms with E-state index >= 15 is 0 Å². The monoisotopic (exact) mass is 324 g/mol. The van der Waals surface area contributed by atoms with E-state index in [9.17, 15) is 9.59 Å². The minimum atomic E-state index is -0.712. The summed E-state index contributed by atoms with van der Waals surface area (Å²) in [4.78, 5) is 24.5. The van der Waals surface area contributed by atoms with E-state index in [1.165, 1.54) is 7.11 Å². The smallest absolute Gasteiger partial charge is 0.328 e. The van der Waals surface area contributed by atoms with Crippen molar-refractivity contribution in [3.8, 4) is 0 Å². The van der Waals surface area contributed by atoms with Crippen molar-refractivity contribution in [3.63, 3.8) is 0 Å². The van der Waals surface area contributed by atoms with Crippen LogP contribution in [-0.2, 0) is 22.4 Å². The molecule has 1 unspecified atom stereocenters. The van der Waals surface area contributed by atoms with Gasteiger partial charge in [0.05, 0.1) is 7.11 Å². The first-order valence-electron chi connectivity index (χ1n) is 7.97. The van der Waals surface area contributed by atoms with Crippen LogP contribution in [-0.4, -0.2) is 31.6 Å². The van der Waals surface area contributed by atoms with E-state index in [0.29, 0.717) is 12.0 Å². The van der Waals surface area contributed by atoms with E-state index < -0.39 is 12.0 Å². The van der Waals surface area contributed by atoms with Gasteiger partial charge in [0.1, 0.15) is 6.04 Å². The molecular weight excluding hydrogens is 304 g/mol. The molecule has 2 N–H and O–H groups in total. The number of carbonyl (C=O) groups is 2. The third kappa shape index (κ3) is 3.56. The van der Waals surface area contributed by atoms with Crippen molar-refractivity contribution in [1.29, 1.82) is 0 Å². The molecule has 0 aliphatic carbocycles. The first-order chi connectivity index (χ1) is 11.7. The maximum Gasteiger partial charge on any atom is 0.328 e. The molecule has 124 valence electrons. The van der Waals surface area contributed by atoms with E-state index in [4.69, 9.17) is 4.74 Å². The van der Waals surface area contributed by atoms with Gasteiger partial charge in [0.25, 0.3) is 5.91 Å². The van der Waals surface area contributed by atoms with Gasteiger partial charge in [-0.05, 0) is 35.7 Å². The molecule has 3 rings (SSSR count). The molecule has 0 saturated carbocycles. The molecule has 0 aromatic heterocycles. The fourth-order valence-electron chi connectivity index (χ4n) is 2.87. The van der Waals surface area contributed by atoms with Gasteiger partial charge >= 0.3 is 5.97 Å². The van der Waals surface area contributed by atoms with Crippen molar-refractivity contribution in [3.05, 3.63) is 65.2 Å². The predicted molar refractivity (Wildman–Crippen MR) is 92.1 cm³/mol. The standard InChI is InChI=1S/C19H20N2O3/c1-24-19(23)17(11-13-5-3-2-4-6-13)21-18(22)15-7-8-16-14(12-15)9-10-20-16/h2-8,12,17,20H,9-11H2,1H3,(H,21,22). The molecule has 24 heavy (non-hydrogen) atoms. The molecule has 5 heteroatoms. The van der Waals surface area contributed by atoms with E-state index in [-0.39, 0.29) is 5.91 Å². The predicted octanol–water partition coefficient (Wildman–Crippen LogP) is 2.17. The van der Waals surface area contributed by atoms with Gasteiger partial charge in [-0.1, -0.05) is 30.3 Å². The third-order valence-electron chi connectivity index (χ3n) is 4.15. The van der Waals surface area contributed by atoms with Crippen molar-refractivity contribution in [2.45, 2.75) is 18.9 Å². The number of nitrogens with one attached hydrogen (secondary N) is 2. The molecule has 0 saturated heterocycles. The van der Waals surface area contributed by atoms with Crippen LogP contribution in [0.15, 0.2) is 48.5 Å². The Kier molecular flexibility index (Phi) is 4.79. The van der Waals surface area contributed by atoms with Gasteiger partial charge < -0.3 is 15.4 Å². The maximum absolute atomic E-state index is 12.5. The summed E-state index contributed by atoms with van der Waals surface area (Å²) in [7, 11) is 1.33. The zero-order valence-corrected chi connectivity index (χ0v) is 13.5. The number of ether oxygens (including phenoxy) is 1. The Morgan fingerprint density at radius 3 is 2.75 bits per heavy atom. The van der Waals surface area contributed by atoms with E-state index in [2.05, 4.69) is 10.6 Å². The van der Waals surface area contributed by atoms with Crippen molar-refractivity contribution in [2.24, 2.45) is 0 Å². The van der Waals surface area contributed by atoms with Crippen molar-refractivity contribution >= 4 is 17.6 Å². The van der Waals surface area contributed by atoms with Crippen LogP contribution in [0.5, 0.6) is 0 Å². The van der Waals surface area contributed by atoms with Crippen molar-refractivity contribution < 1.29 is 14.3 Å². The average Bonchev–Trinajstić information content (AvgIpc) is 3.09. The number of rotatable bonds is 5. The molecular formula is C19H20N2O3.